The summed E-state index contributed by atoms with van der Waals surface area (Å²) in [6, 6.07) is 5.68. The van der Waals surface area contributed by atoms with E-state index in [1.54, 1.807) is 6.07 Å². The Labute approximate surface area is 137 Å². The van der Waals surface area contributed by atoms with E-state index in [1.165, 1.54) is 6.42 Å². The van der Waals surface area contributed by atoms with Crippen LogP contribution in [0.2, 0.25) is 10.0 Å². The molecule has 0 amide bonds. The van der Waals surface area contributed by atoms with Crippen LogP contribution in [-0.2, 0) is 0 Å². The van der Waals surface area contributed by atoms with Crippen LogP contribution in [0.5, 0.6) is 0 Å². The van der Waals surface area contributed by atoms with Crippen LogP contribution in [-0.4, -0.2) is 35.7 Å². The van der Waals surface area contributed by atoms with Crippen LogP contribution >= 0.6 is 23.2 Å². The van der Waals surface area contributed by atoms with E-state index in [4.69, 9.17) is 28.9 Å². The number of nitrogens with two attached hydrogens (primary N) is 1. The summed E-state index contributed by atoms with van der Waals surface area (Å²) in [5, 5.41) is 11.2. The average Bonchev–Trinajstić information content (AvgIpc) is 2.47. The van der Waals surface area contributed by atoms with E-state index >= 15 is 0 Å². The fourth-order valence-electron chi connectivity index (χ4n) is 3.08. The highest BCUT2D eigenvalue weighted by Crippen LogP contribution is 2.30. The van der Waals surface area contributed by atoms with Gasteiger partial charge in [-0.05, 0) is 37.9 Å². The third-order valence-corrected chi connectivity index (χ3v) is 5.27. The molecule has 3 N–H and O–H groups in total. The van der Waals surface area contributed by atoms with Crippen LogP contribution in [0.3, 0.4) is 0 Å². The highest BCUT2D eigenvalue weighted by Gasteiger charge is 2.26. The first-order chi connectivity index (χ1) is 10.0. The van der Waals surface area contributed by atoms with E-state index in [0.717, 1.165) is 37.8 Å². The maximum atomic E-state index is 10.1. The second-order valence-corrected chi connectivity index (χ2v) is 6.72. The lowest BCUT2D eigenvalue weighted by Gasteiger charge is -2.35. The maximum absolute atomic E-state index is 10.1. The number of hydrogen-bond donors (Lipinski definition) is 2. The Morgan fingerprint density at radius 2 is 2.05 bits per heavy atom. The zero-order valence-corrected chi connectivity index (χ0v) is 13.9. The largest absolute Gasteiger partial charge is 0.391 e. The van der Waals surface area contributed by atoms with Gasteiger partial charge < -0.3 is 15.7 Å². The minimum atomic E-state index is -0.213. The van der Waals surface area contributed by atoms with Crippen molar-refractivity contribution in [3.8, 4) is 0 Å². The van der Waals surface area contributed by atoms with Crippen LogP contribution in [0.15, 0.2) is 18.2 Å². The SMILES string of the molecule is CN(CCC(N)c1cccc(Cl)c1Cl)C1CCCCC1O. The molecule has 5 heteroatoms. The molecule has 0 aromatic heterocycles. The molecule has 1 aromatic rings. The molecule has 0 radical (unpaired) electrons. The molecule has 1 saturated carbocycles. The smallest absolute Gasteiger partial charge is 0.0695 e. The van der Waals surface area contributed by atoms with Gasteiger partial charge in [0.05, 0.1) is 16.1 Å². The van der Waals surface area contributed by atoms with Crippen molar-refractivity contribution in [3.63, 3.8) is 0 Å². The summed E-state index contributed by atoms with van der Waals surface area (Å²) in [6.07, 6.45) is 4.86. The molecule has 0 bridgehead atoms. The van der Waals surface area contributed by atoms with Crippen LogP contribution in [0, 0.1) is 0 Å². The number of likely N-dealkylation sites (N-methyl/N-ethyl adjacent to an activating group) is 1. The summed E-state index contributed by atoms with van der Waals surface area (Å²) in [5.41, 5.74) is 7.14. The molecular weight excluding hydrogens is 307 g/mol. The van der Waals surface area contributed by atoms with E-state index < -0.39 is 0 Å². The Bertz CT molecular complexity index is 470. The second-order valence-electron chi connectivity index (χ2n) is 5.94. The second kappa shape index (κ2) is 7.80. The van der Waals surface area contributed by atoms with E-state index in [9.17, 15) is 5.11 Å². The van der Waals surface area contributed by atoms with Crippen molar-refractivity contribution in [2.75, 3.05) is 13.6 Å². The van der Waals surface area contributed by atoms with E-state index in [-0.39, 0.29) is 18.2 Å². The molecule has 1 aliphatic carbocycles. The van der Waals surface area contributed by atoms with Gasteiger partial charge in [0, 0.05) is 18.6 Å². The topological polar surface area (TPSA) is 49.5 Å². The summed E-state index contributed by atoms with van der Waals surface area (Å²) < 4.78 is 0. The van der Waals surface area contributed by atoms with E-state index in [1.807, 2.05) is 12.1 Å². The number of aliphatic hydroxyl groups excluding tert-OH is 1. The highest BCUT2D eigenvalue weighted by atomic mass is 35.5. The van der Waals surface area contributed by atoms with Gasteiger partial charge in [-0.1, -0.05) is 48.2 Å². The van der Waals surface area contributed by atoms with Crippen LogP contribution in [0.25, 0.3) is 0 Å². The summed E-state index contributed by atoms with van der Waals surface area (Å²) in [5.74, 6) is 0. The fraction of sp³-hybridized carbons (Fsp3) is 0.625. The minimum Gasteiger partial charge on any atom is -0.391 e. The molecule has 21 heavy (non-hydrogen) atoms. The van der Waals surface area contributed by atoms with Gasteiger partial charge in [0.2, 0.25) is 0 Å². The van der Waals surface area contributed by atoms with Gasteiger partial charge in [0.15, 0.2) is 0 Å². The minimum absolute atomic E-state index is 0.139. The molecule has 0 spiro atoms. The summed E-state index contributed by atoms with van der Waals surface area (Å²) in [7, 11) is 2.06. The van der Waals surface area contributed by atoms with Crippen molar-refractivity contribution in [3.05, 3.63) is 33.8 Å². The molecular formula is C16H24Cl2N2O. The van der Waals surface area contributed by atoms with E-state index in [2.05, 4.69) is 11.9 Å². The molecule has 0 saturated heterocycles. The average molecular weight is 331 g/mol. The Kier molecular flexibility index (Phi) is 6.33. The number of hydrogen-bond acceptors (Lipinski definition) is 3. The number of halogens is 2. The molecule has 1 aliphatic rings. The van der Waals surface area contributed by atoms with Crippen LogP contribution < -0.4 is 5.73 Å². The zero-order valence-electron chi connectivity index (χ0n) is 12.4. The van der Waals surface area contributed by atoms with Gasteiger partial charge in [0.25, 0.3) is 0 Å². The number of nitrogens with zero attached hydrogens (tertiary/aromatic N) is 1. The van der Waals surface area contributed by atoms with Gasteiger partial charge >= 0.3 is 0 Å². The van der Waals surface area contributed by atoms with Crippen molar-refractivity contribution in [1.82, 2.24) is 4.90 Å². The summed E-state index contributed by atoms with van der Waals surface area (Å²) >= 11 is 12.2. The number of rotatable bonds is 5. The quantitative estimate of drug-likeness (QED) is 0.866. The lowest BCUT2D eigenvalue weighted by molar-refractivity contribution is 0.0311. The van der Waals surface area contributed by atoms with Gasteiger partial charge in [0.1, 0.15) is 0 Å². The monoisotopic (exact) mass is 330 g/mol. The molecule has 2 rings (SSSR count). The summed E-state index contributed by atoms with van der Waals surface area (Å²) in [4.78, 5) is 2.22. The van der Waals surface area contributed by atoms with E-state index in [0.29, 0.717) is 10.0 Å². The molecule has 0 aliphatic heterocycles. The lowest BCUT2D eigenvalue weighted by Crippen LogP contribution is -2.44. The molecule has 3 unspecified atom stereocenters. The van der Waals surface area contributed by atoms with Gasteiger partial charge in [-0.15, -0.1) is 0 Å². The van der Waals surface area contributed by atoms with Crippen molar-refractivity contribution in [2.24, 2.45) is 5.73 Å². The molecule has 0 heterocycles. The number of aliphatic hydroxyl groups is 1. The van der Waals surface area contributed by atoms with Crippen molar-refractivity contribution in [1.29, 1.82) is 0 Å². The maximum Gasteiger partial charge on any atom is 0.0695 e. The molecule has 1 aromatic carbocycles. The predicted octanol–water partition coefficient (Wildman–Crippen LogP) is 3.62. The number of benzene rings is 1. The third-order valence-electron chi connectivity index (χ3n) is 4.43. The third kappa shape index (κ3) is 4.33. The Morgan fingerprint density at radius 3 is 2.76 bits per heavy atom. The summed E-state index contributed by atoms with van der Waals surface area (Å²) in [6.45, 7) is 0.839. The van der Waals surface area contributed by atoms with Crippen LogP contribution in [0.4, 0.5) is 0 Å². The van der Waals surface area contributed by atoms with Gasteiger partial charge in [-0.25, -0.2) is 0 Å². The Morgan fingerprint density at radius 1 is 1.33 bits per heavy atom. The van der Waals surface area contributed by atoms with Crippen LogP contribution in [0.1, 0.15) is 43.7 Å². The molecule has 118 valence electrons. The van der Waals surface area contributed by atoms with Gasteiger partial charge in [-0.3, -0.25) is 0 Å². The molecule has 1 fully saturated rings. The first-order valence-corrected chi connectivity index (χ1v) is 8.34. The lowest BCUT2D eigenvalue weighted by atomic mass is 9.91. The zero-order chi connectivity index (χ0) is 15.4. The normalized spacial score (nSPS) is 24.3. The fourth-order valence-corrected chi connectivity index (χ4v) is 3.52. The molecule has 3 atom stereocenters. The first kappa shape index (κ1) is 17.0. The predicted molar refractivity (Wildman–Crippen MR) is 88.9 cm³/mol. The Balaban J connectivity index is 1.91. The first-order valence-electron chi connectivity index (χ1n) is 7.58. The van der Waals surface area contributed by atoms with Gasteiger partial charge in [-0.2, -0.15) is 0 Å². The molecule has 3 nitrogen and oxygen atoms in total. The van der Waals surface area contributed by atoms with Crippen molar-refractivity contribution >= 4 is 23.2 Å². The standard InChI is InChI=1S/C16H24Cl2N2O/c1-20(14-7-2-3-8-15(14)21)10-9-13(19)11-5-4-6-12(17)16(11)18/h4-6,13-15,21H,2-3,7-10,19H2,1H3. The van der Waals surface area contributed by atoms with Crippen molar-refractivity contribution in [2.45, 2.75) is 50.3 Å². The highest BCUT2D eigenvalue weighted by molar-refractivity contribution is 6.42. The Hall–Kier alpha value is -0.320. The van der Waals surface area contributed by atoms with Crippen molar-refractivity contribution < 1.29 is 5.11 Å².